The van der Waals surface area contributed by atoms with Crippen molar-refractivity contribution in [3.63, 3.8) is 0 Å². The highest BCUT2D eigenvalue weighted by atomic mass is 16.5. The number of rotatable bonds is 6. The second kappa shape index (κ2) is 8.75. The van der Waals surface area contributed by atoms with Crippen molar-refractivity contribution in [2.24, 2.45) is 10.9 Å². The third-order valence-electron chi connectivity index (χ3n) is 5.79. The summed E-state index contributed by atoms with van der Waals surface area (Å²) in [6.07, 6.45) is 2.80. The van der Waals surface area contributed by atoms with Gasteiger partial charge in [-0.3, -0.25) is 0 Å². The molecule has 148 valence electrons. The fourth-order valence-corrected chi connectivity index (χ4v) is 4.41. The molecule has 0 aromatic heterocycles. The summed E-state index contributed by atoms with van der Waals surface area (Å²) in [5, 5.41) is 0. The molecule has 2 nitrogen and oxygen atoms in total. The summed E-state index contributed by atoms with van der Waals surface area (Å²) < 4.78 is 6.95. The first-order valence-electron chi connectivity index (χ1n) is 10.7. The molecule has 0 radical (unpaired) electrons. The molecule has 0 aliphatic carbocycles. The number of ether oxygens (including phenoxy) is 1. The zero-order valence-electron chi connectivity index (χ0n) is 17.3. The van der Waals surface area contributed by atoms with Crippen LogP contribution in [0.5, 0.6) is 0 Å². The largest absolute Gasteiger partial charge is 0.341 e. The van der Waals surface area contributed by atoms with Crippen molar-refractivity contribution in [1.29, 1.82) is 0 Å². The highest BCUT2D eigenvalue weighted by Crippen LogP contribution is 2.46. The van der Waals surface area contributed by atoms with Gasteiger partial charge < -0.3 is 4.74 Å². The lowest BCUT2D eigenvalue weighted by atomic mass is 9.82. The van der Waals surface area contributed by atoms with E-state index in [-0.39, 0.29) is 12.0 Å². The quantitative estimate of drug-likeness (QED) is 0.452. The molecule has 3 aromatic rings. The normalized spacial score (nSPS) is 24.1. The second-order valence-corrected chi connectivity index (χ2v) is 7.73. The Hall–Kier alpha value is -2.71. The molecule has 2 heteroatoms. The van der Waals surface area contributed by atoms with Crippen molar-refractivity contribution in [2.45, 2.75) is 44.9 Å². The minimum absolute atomic E-state index is 0.0272. The van der Waals surface area contributed by atoms with Gasteiger partial charge in [-0.05, 0) is 17.5 Å². The Morgan fingerprint density at radius 2 is 1.38 bits per heavy atom. The minimum atomic E-state index is -0.659. The van der Waals surface area contributed by atoms with Gasteiger partial charge in [-0.1, -0.05) is 111 Å². The van der Waals surface area contributed by atoms with Gasteiger partial charge in [-0.2, -0.15) is 0 Å². The average molecular weight is 384 g/mol. The number of nitrogens with zero attached hydrogens (tertiary/aromatic N) is 1. The molecule has 0 saturated heterocycles. The average Bonchev–Trinajstić information content (AvgIpc) is 2.80. The molecule has 0 fully saturated rings. The van der Waals surface area contributed by atoms with E-state index in [0.717, 1.165) is 30.5 Å². The van der Waals surface area contributed by atoms with Crippen molar-refractivity contribution in [3.8, 4) is 0 Å². The van der Waals surface area contributed by atoms with Gasteiger partial charge >= 0.3 is 0 Å². The Labute approximate surface area is 174 Å². The van der Waals surface area contributed by atoms with Gasteiger partial charge in [0, 0.05) is 17.9 Å². The zero-order valence-corrected chi connectivity index (χ0v) is 17.3. The number of hydrogen-bond donors (Lipinski definition) is 0. The van der Waals surface area contributed by atoms with Crippen molar-refractivity contribution in [1.82, 2.24) is 0 Å². The molecular weight excluding hydrogens is 354 g/mol. The van der Waals surface area contributed by atoms with E-state index in [9.17, 15) is 0 Å². The SMILES string of the molecule is CCC[C@]1(c2ccccc2)N=C(c2ccccc2)[C@H](CC)[C@H](c2ccccc2)O1. The Morgan fingerprint density at radius 3 is 1.97 bits per heavy atom. The van der Waals surface area contributed by atoms with Gasteiger partial charge in [-0.15, -0.1) is 0 Å². The van der Waals surface area contributed by atoms with E-state index in [1.807, 2.05) is 0 Å². The van der Waals surface area contributed by atoms with Crippen molar-refractivity contribution < 1.29 is 4.74 Å². The van der Waals surface area contributed by atoms with E-state index in [1.54, 1.807) is 0 Å². The van der Waals surface area contributed by atoms with Gasteiger partial charge in [0.1, 0.15) is 0 Å². The molecule has 0 unspecified atom stereocenters. The number of hydrogen-bond acceptors (Lipinski definition) is 2. The standard InChI is InChI=1S/C27H29NO/c1-3-20-27(23-18-12-7-13-19-23)28-25(21-14-8-5-9-15-21)24(4-2)26(29-27)22-16-10-6-11-17-22/h5-19,24,26H,3-4,20H2,1-2H3/t24-,26-,27-/m0/s1. The fraction of sp³-hybridized carbons (Fsp3) is 0.296. The molecule has 29 heavy (non-hydrogen) atoms. The maximum absolute atomic E-state index is 6.95. The monoisotopic (exact) mass is 383 g/mol. The molecule has 1 aliphatic rings. The highest BCUT2D eigenvalue weighted by molar-refractivity contribution is 6.03. The van der Waals surface area contributed by atoms with Gasteiger partial charge in [0.05, 0.1) is 11.8 Å². The first kappa shape index (κ1) is 19.6. The zero-order chi connectivity index (χ0) is 20.1. The van der Waals surface area contributed by atoms with Gasteiger partial charge in [0.25, 0.3) is 0 Å². The Balaban J connectivity index is 1.92. The summed E-state index contributed by atoms with van der Waals surface area (Å²) in [6.45, 7) is 4.44. The molecule has 1 heterocycles. The van der Waals surface area contributed by atoms with Crippen molar-refractivity contribution in [2.75, 3.05) is 0 Å². The Morgan fingerprint density at radius 1 is 0.793 bits per heavy atom. The summed E-state index contributed by atoms with van der Waals surface area (Å²) in [5.74, 6) is 0.216. The number of benzene rings is 3. The van der Waals surface area contributed by atoms with Crippen LogP contribution in [0.1, 0.15) is 55.9 Å². The molecular formula is C27H29NO. The van der Waals surface area contributed by atoms with Crippen LogP contribution in [0.15, 0.2) is 96.0 Å². The fourth-order valence-electron chi connectivity index (χ4n) is 4.41. The lowest BCUT2D eigenvalue weighted by molar-refractivity contribution is -0.126. The van der Waals surface area contributed by atoms with E-state index in [1.165, 1.54) is 11.1 Å². The molecule has 0 bridgehead atoms. The molecule has 0 N–H and O–H groups in total. The van der Waals surface area contributed by atoms with Crippen molar-refractivity contribution in [3.05, 3.63) is 108 Å². The summed E-state index contributed by atoms with van der Waals surface area (Å²) >= 11 is 0. The third kappa shape index (κ3) is 3.90. The van der Waals surface area contributed by atoms with E-state index in [4.69, 9.17) is 9.73 Å². The van der Waals surface area contributed by atoms with Crippen LogP contribution in [0.25, 0.3) is 0 Å². The predicted molar refractivity (Wildman–Crippen MR) is 120 cm³/mol. The first-order valence-corrected chi connectivity index (χ1v) is 10.7. The summed E-state index contributed by atoms with van der Waals surface area (Å²) in [7, 11) is 0. The predicted octanol–water partition coefficient (Wildman–Crippen LogP) is 6.93. The van der Waals surface area contributed by atoms with E-state index in [0.29, 0.717) is 0 Å². The van der Waals surface area contributed by atoms with E-state index >= 15 is 0 Å². The molecule has 0 amide bonds. The molecule has 3 aromatic carbocycles. The maximum Gasteiger partial charge on any atom is 0.185 e. The number of aliphatic imine (C=N–C) groups is 1. The smallest absolute Gasteiger partial charge is 0.185 e. The lowest BCUT2D eigenvalue weighted by Crippen LogP contribution is -2.41. The van der Waals surface area contributed by atoms with Crippen LogP contribution in [0.2, 0.25) is 0 Å². The van der Waals surface area contributed by atoms with Crippen LogP contribution < -0.4 is 0 Å². The third-order valence-corrected chi connectivity index (χ3v) is 5.79. The molecule has 3 atom stereocenters. The van der Waals surface area contributed by atoms with Crippen LogP contribution in [-0.4, -0.2) is 5.71 Å². The summed E-state index contributed by atoms with van der Waals surface area (Å²) in [4.78, 5) is 5.37. The molecule has 4 rings (SSSR count). The van der Waals surface area contributed by atoms with Gasteiger partial charge in [0.15, 0.2) is 5.72 Å². The van der Waals surface area contributed by atoms with Crippen LogP contribution in [0.4, 0.5) is 0 Å². The summed E-state index contributed by atoms with van der Waals surface area (Å²) in [6, 6.07) is 31.8. The van der Waals surface area contributed by atoms with Crippen LogP contribution in [-0.2, 0) is 10.5 Å². The topological polar surface area (TPSA) is 21.6 Å². The maximum atomic E-state index is 6.95. The van der Waals surface area contributed by atoms with Gasteiger partial charge in [-0.25, -0.2) is 4.99 Å². The van der Waals surface area contributed by atoms with Crippen LogP contribution in [0, 0.1) is 5.92 Å². The molecule has 0 saturated carbocycles. The van der Waals surface area contributed by atoms with E-state index in [2.05, 4.69) is 105 Å². The van der Waals surface area contributed by atoms with E-state index < -0.39 is 5.72 Å². The lowest BCUT2D eigenvalue weighted by Gasteiger charge is -2.43. The summed E-state index contributed by atoms with van der Waals surface area (Å²) in [5.41, 5.74) is 4.04. The molecule has 1 aliphatic heterocycles. The van der Waals surface area contributed by atoms with Crippen LogP contribution in [0.3, 0.4) is 0 Å². The Kier molecular flexibility index (Phi) is 5.92. The highest BCUT2D eigenvalue weighted by Gasteiger charge is 2.44. The Bertz CT molecular complexity index is 936. The van der Waals surface area contributed by atoms with Crippen LogP contribution >= 0.6 is 0 Å². The first-order chi connectivity index (χ1) is 14.3. The minimum Gasteiger partial charge on any atom is -0.341 e. The van der Waals surface area contributed by atoms with Gasteiger partial charge in [0.2, 0.25) is 0 Å². The van der Waals surface area contributed by atoms with Crippen molar-refractivity contribution >= 4 is 5.71 Å². The molecule has 0 spiro atoms. The second-order valence-electron chi connectivity index (χ2n) is 7.73.